The zero-order chi connectivity index (χ0) is 17.6. The summed E-state index contributed by atoms with van der Waals surface area (Å²) in [7, 11) is 1.63. The Kier molecular flexibility index (Phi) is 5.52. The number of methoxy groups -OCH3 is 1. The molecule has 0 spiro atoms. The molecule has 0 aliphatic carbocycles. The van der Waals surface area contributed by atoms with Gasteiger partial charge in [0.2, 0.25) is 0 Å². The molecule has 0 unspecified atom stereocenters. The summed E-state index contributed by atoms with van der Waals surface area (Å²) < 4.78 is 10.5. The summed E-state index contributed by atoms with van der Waals surface area (Å²) in [4.78, 5) is 23.6. The minimum Gasteiger partial charge on any atom is -0.491 e. The van der Waals surface area contributed by atoms with E-state index in [1.165, 1.54) is 11.8 Å². The van der Waals surface area contributed by atoms with Crippen molar-refractivity contribution >= 4 is 34.2 Å². The zero-order valence-electron chi connectivity index (χ0n) is 13.9. The molecule has 130 valence electrons. The molecule has 25 heavy (non-hydrogen) atoms. The molecule has 7 nitrogen and oxygen atoms in total. The fourth-order valence-electron chi connectivity index (χ4n) is 2.27. The van der Waals surface area contributed by atoms with E-state index in [-0.39, 0.29) is 5.56 Å². The molecule has 3 aromatic rings. The second-order valence-corrected chi connectivity index (χ2v) is 5.89. The van der Waals surface area contributed by atoms with Crippen LogP contribution in [-0.2, 0) is 4.74 Å². The molecule has 0 aliphatic heterocycles. The van der Waals surface area contributed by atoms with Gasteiger partial charge in [0.25, 0.3) is 5.56 Å². The van der Waals surface area contributed by atoms with Crippen molar-refractivity contribution in [2.45, 2.75) is 5.16 Å². The van der Waals surface area contributed by atoms with Crippen LogP contribution in [0.1, 0.15) is 0 Å². The minimum atomic E-state index is -0.229. The van der Waals surface area contributed by atoms with Crippen LogP contribution in [-0.4, -0.2) is 41.5 Å². The van der Waals surface area contributed by atoms with Crippen molar-refractivity contribution in [3.63, 3.8) is 0 Å². The van der Waals surface area contributed by atoms with Crippen LogP contribution < -0.4 is 15.6 Å². The summed E-state index contributed by atoms with van der Waals surface area (Å²) in [6.07, 6.45) is 3.47. The number of H-pyrrole nitrogens is 1. The van der Waals surface area contributed by atoms with E-state index in [1.54, 1.807) is 19.4 Å². The van der Waals surface area contributed by atoms with Gasteiger partial charge in [-0.1, -0.05) is 11.8 Å². The van der Waals surface area contributed by atoms with Crippen molar-refractivity contribution in [1.29, 1.82) is 0 Å². The van der Waals surface area contributed by atoms with Crippen LogP contribution >= 0.6 is 11.8 Å². The Morgan fingerprint density at radius 1 is 1.16 bits per heavy atom. The number of aromatic amines is 1. The predicted molar refractivity (Wildman–Crippen MR) is 99.0 cm³/mol. The number of benzene rings is 1. The molecule has 0 fully saturated rings. The van der Waals surface area contributed by atoms with Gasteiger partial charge in [-0.05, 0) is 36.6 Å². The molecule has 0 saturated carbocycles. The van der Waals surface area contributed by atoms with Gasteiger partial charge in [-0.2, -0.15) is 0 Å². The number of nitrogens with zero attached hydrogens (tertiary/aromatic N) is 2. The van der Waals surface area contributed by atoms with Gasteiger partial charge in [-0.15, -0.1) is 0 Å². The lowest BCUT2D eigenvalue weighted by Gasteiger charge is -2.10. The maximum Gasteiger partial charge on any atom is 0.261 e. The summed E-state index contributed by atoms with van der Waals surface area (Å²) in [5, 5.41) is 4.22. The van der Waals surface area contributed by atoms with Gasteiger partial charge in [-0.3, -0.25) is 4.79 Å². The molecule has 0 aliphatic rings. The molecule has 2 heterocycles. The lowest BCUT2D eigenvalue weighted by molar-refractivity contribution is 0.146. The molecular weight excluding hydrogens is 340 g/mol. The molecule has 8 heteroatoms. The maximum absolute atomic E-state index is 12.2. The number of thioether (sulfide) groups is 1. The summed E-state index contributed by atoms with van der Waals surface area (Å²) in [5.74, 6) is 1.22. The van der Waals surface area contributed by atoms with Crippen LogP contribution in [0.5, 0.6) is 5.75 Å². The van der Waals surface area contributed by atoms with Crippen LogP contribution in [0.2, 0.25) is 0 Å². The average molecular weight is 358 g/mol. The summed E-state index contributed by atoms with van der Waals surface area (Å²) in [6.45, 7) is 1.03. The fourth-order valence-corrected chi connectivity index (χ4v) is 2.64. The molecule has 1 aromatic carbocycles. The molecule has 0 amide bonds. The molecule has 0 saturated heterocycles. The van der Waals surface area contributed by atoms with Crippen molar-refractivity contribution in [3.8, 4) is 5.75 Å². The Hall–Kier alpha value is -2.58. The Morgan fingerprint density at radius 2 is 1.96 bits per heavy atom. The van der Waals surface area contributed by atoms with Crippen LogP contribution in [0.4, 0.5) is 11.5 Å². The van der Waals surface area contributed by atoms with Crippen molar-refractivity contribution in [2.75, 3.05) is 31.9 Å². The van der Waals surface area contributed by atoms with E-state index in [0.717, 1.165) is 11.4 Å². The number of hydrogen-bond donors (Lipinski definition) is 2. The highest BCUT2D eigenvalue weighted by molar-refractivity contribution is 7.98. The fraction of sp³-hybridized carbons (Fsp3) is 0.235. The number of hydrogen-bond acceptors (Lipinski definition) is 7. The third kappa shape index (κ3) is 4.09. The first-order valence-electron chi connectivity index (χ1n) is 7.63. The number of aromatic nitrogens is 3. The van der Waals surface area contributed by atoms with Crippen molar-refractivity contribution in [3.05, 3.63) is 46.9 Å². The quantitative estimate of drug-likeness (QED) is 0.381. The number of fused-ring (bicyclic) bond motifs is 1. The molecule has 3 rings (SSSR count). The Bertz CT molecular complexity index is 912. The van der Waals surface area contributed by atoms with Crippen LogP contribution in [0, 0.1) is 0 Å². The van der Waals surface area contributed by atoms with Gasteiger partial charge < -0.3 is 19.8 Å². The van der Waals surface area contributed by atoms with Gasteiger partial charge in [0.1, 0.15) is 23.6 Å². The lowest BCUT2D eigenvalue weighted by atomic mass is 10.2. The largest absolute Gasteiger partial charge is 0.491 e. The number of rotatable bonds is 7. The zero-order valence-corrected chi connectivity index (χ0v) is 14.7. The summed E-state index contributed by atoms with van der Waals surface area (Å²) in [5.41, 5.74) is 1.17. The Morgan fingerprint density at radius 3 is 2.68 bits per heavy atom. The van der Waals surface area contributed by atoms with Crippen LogP contribution in [0.25, 0.3) is 10.9 Å². The average Bonchev–Trinajstić information content (AvgIpc) is 2.63. The molecule has 0 atom stereocenters. The van der Waals surface area contributed by atoms with Crippen LogP contribution in [0.3, 0.4) is 0 Å². The molecular formula is C17H18N4O3S. The van der Waals surface area contributed by atoms with Gasteiger partial charge in [-0.25, -0.2) is 9.97 Å². The normalized spacial score (nSPS) is 10.8. The standard InChI is InChI=1S/C17H18N4O3S/c1-23-9-10-24-12-5-3-11(4-6-12)19-15-14-13(7-8-18-16(14)22)20-17(21-15)25-2/h3-8H,9-10H2,1-2H3,(H,18,22)(H,19,20,21). The second kappa shape index (κ2) is 8.00. The number of anilines is 2. The monoisotopic (exact) mass is 358 g/mol. The molecule has 0 bridgehead atoms. The van der Waals surface area contributed by atoms with Gasteiger partial charge in [0, 0.05) is 19.0 Å². The Balaban J connectivity index is 1.88. The van der Waals surface area contributed by atoms with Crippen LogP contribution in [0.15, 0.2) is 46.5 Å². The molecule has 2 aromatic heterocycles. The lowest BCUT2D eigenvalue weighted by Crippen LogP contribution is -2.10. The minimum absolute atomic E-state index is 0.229. The highest BCUT2D eigenvalue weighted by atomic mass is 32.2. The first-order valence-corrected chi connectivity index (χ1v) is 8.86. The summed E-state index contributed by atoms with van der Waals surface area (Å²) in [6, 6.07) is 9.19. The predicted octanol–water partition coefficient (Wildman–Crippen LogP) is 2.81. The SMILES string of the molecule is COCCOc1ccc(Nc2nc(SC)nc3cc[nH]c(=O)c23)cc1. The van der Waals surface area contributed by atoms with E-state index in [4.69, 9.17) is 9.47 Å². The summed E-state index contributed by atoms with van der Waals surface area (Å²) >= 11 is 1.42. The smallest absolute Gasteiger partial charge is 0.261 e. The van der Waals surface area contributed by atoms with Crippen molar-refractivity contribution < 1.29 is 9.47 Å². The van der Waals surface area contributed by atoms with E-state index in [2.05, 4.69) is 20.3 Å². The van der Waals surface area contributed by atoms with Crippen molar-refractivity contribution in [1.82, 2.24) is 15.0 Å². The highest BCUT2D eigenvalue weighted by Gasteiger charge is 2.11. The first kappa shape index (κ1) is 17.2. The van der Waals surface area contributed by atoms with Crippen molar-refractivity contribution in [2.24, 2.45) is 0 Å². The number of nitrogens with one attached hydrogen (secondary N) is 2. The topological polar surface area (TPSA) is 89.1 Å². The van der Waals surface area contributed by atoms with Gasteiger partial charge >= 0.3 is 0 Å². The van der Waals surface area contributed by atoms with Gasteiger partial charge in [0.05, 0.1) is 12.1 Å². The maximum atomic E-state index is 12.2. The van der Waals surface area contributed by atoms with E-state index >= 15 is 0 Å². The highest BCUT2D eigenvalue weighted by Crippen LogP contribution is 2.24. The van der Waals surface area contributed by atoms with E-state index < -0.39 is 0 Å². The first-order chi connectivity index (χ1) is 12.2. The molecule has 0 radical (unpaired) electrons. The van der Waals surface area contributed by atoms with E-state index in [1.807, 2.05) is 30.5 Å². The number of ether oxygens (including phenoxy) is 2. The van der Waals surface area contributed by atoms with E-state index in [0.29, 0.717) is 35.1 Å². The third-order valence-electron chi connectivity index (χ3n) is 3.45. The second-order valence-electron chi connectivity index (χ2n) is 5.12. The van der Waals surface area contributed by atoms with E-state index in [9.17, 15) is 4.79 Å². The third-order valence-corrected chi connectivity index (χ3v) is 4.00. The molecule has 2 N–H and O–H groups in total. The Labute approximate surface area is 148 Å². The number of pyridine rings is 1. The van der Waals surface area contributed by atoms with Gasteiger partial charge in [0.15, 0.2) is 5.16 Å².